The number of aldehydes is 1. The Morgan fingerprint density at radius 2 is 2.06 bits per heavy atom. The summed E-state index contributed by atoms with van der Waals surface area (Å²) in [4.78, 5) is 13.7. The molecule has 1 aliphatic rings. The van der Waals surface area contributed by atoms with E-state index in [-0.39, 0.29) is 5.41 Å². The minimum atomic E-state index is -0.234. The van der Waals surface area contributed by atoms with Crippen molar-refractivity contribution >= 4 is 6.29 Å². The zero-order valence-corrected chi connectivity index (χ0v) is 11.6. The van der Waals surface area contributed by atoms with E-state index in [0.29, 0.717) is 6.61 Å². The Labute approximate surface area is 106 Å². The molecule has 100 valence electrons. The van der Waals surface area contributed by atoms with Crippen LogP contribution >= 0.6 is 0 Å². The minimum Gasteiger partial charge on any atom is -0.380 e. The molecule has 0 aromatic carbocycles. The van der Waals surface area contributed by atoms with Crippen LogP contribution in [-0.2, 0) is 9.53 Å². The second-order valence-electron chi connectivity index (χ2n) is 5.29. The lowest BCUT2D eigenvalue weighted by molar-refractivity contribution is -0.117. The first kappa shape index (κ1) is 14.7. The summed E-state index contributed by atoms with van der Waals surface area (Å²) in [6.45, 7) is 11.0. The molecule has 1 unspecified atom stereocenters. The predicted octanol–water partition coefficient (Wildman–Crippen LogP) is 2.35. The fourth-order valence-electron chi connectivity index (χ4n) is 2.54. The molecule has 3 heteroatoms. The van der Waals surface area contributed by atoms with Crippen LogP contribution in [0, 0.1) is 11.3 Å². The molecule has 0 radical (unpaired) electrons. The van der Waals surface area contributed by atoms with Gasteiger partial charge in [-0.2, -0.15) is 0 Å². The monoisotopic (exact) mass is 241 g/mol. The van der Waals surface area contributed by atoms with Crippen LogP contribution in [0.1, 0.15) is 40.0 Å². The highest BCUT2D eigenvalue weighted by Gasteiger charge is 2.36. The first-order chi connectivity index (χ1) is 8.19. The molecule has 0 amide bonds. The van der Waals surface area contributed by atoms with Crippen molar-refractivity contribution in [2.75, 3.05) is 32.8 Å². The summed E-state index contributed by atoms with van der Waals surface area (Å²) in [5.74, 6) is 0.751. The van der Waals surface area contributed by atoms with Gasteiger partial charge in [-0.3, -0.25) is 0 Å². The van der Waals surface area contributed by atoms with E-state index >= 15 is 0 Å². The summed E-state index contributed by atoms with van der Waals surface area (Å²) < 4.78 is 5.40. The van der Waals surface area contributed by atoms with Gasteiger partial charge in [-0.25, -0.2) is 0 Å². The lowest BCUT2D eigenvalue weighted by Gasteiger charge is -2.31. The van der Waals surface area contributed by atoms with Crippen molar-refractivity contribution in [3.8, 4) is 0 Å². The highest BCUT2D eigenvalue weighted by atomic mass is 16.5. The van der Waals surface area contributed by atoms with Gasteiger partial charge in [-0.05, 0) is 18.9 Å². The Kier molecular flexibility index (Phi) is 6.14. The van der Waals surface area contributed by atoms with E-state index in [2.05, 4.69) is 25.7 Å². The Morgan fingerprint density at radius 1 is 1.35 bits per heavy atom. The maximum Gasteiger partial charge on any atom is 0.129 e. The molecule has 1 fully saturated rings. The Morgan fingerprint density at radius 3 is 2.47 bits per heavy atom. The average Bonchev–Trinajstić information content (AvgIpc) is 2.83. The third kappa shape index (κ3) is 4.07. The number of nitrogens with zero attached hydrogens (tertiary/aromatic N) is 1. The van der Waals surface area contributed by atoms with Crippen LogP contribution in [0.3, 0.4) is 0 Å². The summed E-state index contributed by atoms with van der Waals surface area (Å²) in [6.07, 6.45) is 4.45. The van der Waals surface area contributed by atoms with Gasteiger partial charge in [0.05, 0.1) is 12.0 Å². The van der Waals surface area contributed by atoms with Gasteiger partial charge in [-0.15, -0.1) is 0 Å². The van der Waals surface area contributed by atoms with Crippen molar-refractivity contribution in [3.63, 3.8) is 0 Å². The minimum absolute atomic E-state index is 0.234. The van der Waals surface area contributed by atoms with Gasteiger partial charge in [0, 0.05) is 19.7 Å². The molecule has 17 heavy (non-hydrogen) atoms. The fraction of sp³-hybridized carbons (Fsp3) is 0.929. The molecule has 0 aromatic rings. The van der Waals surface area contributed by atoms with E-state index < -0.39 is 0 Å². The Balaban J connectivity index is 2.52. The molecule has 1 saturated heterocycles. The van der Waals surface area contributed by atoms with Gasteiger partial charge in [0.25, 0.3) is 0 Å². The van der Waals surface area contributed by atoms with E-state index in [1.165, 1.54) is 12.8 Å². The second-order valence-corrected chi connectivity index (χ2v) is 5.29. The van der Waals surface area contributed by atoms with Crippen LogP contribution < -0.4 is 0 Å². The van der Waals surface area contributed by atoms with Gasteiger partial charge in [0.15, 0.2) is 0 Å². The summed E-state index contributed by atoms with van der Waals surface area (Å²) >= 11 is 0. The van der Waals surface area contributed by atoms with E-state index in [1.807, 2.05) is 0 Å². The third-order valence-corrected chi connectivity index (χ3v) is 4.04. The first-order valence-corrected chi connectivity index (χ1v) is 6.96. The third-order valence-electron chi connectivity index (χ3n) is 4.04. The number of hydrogen-bond donors (Lipinski definition) is 0. The summed E-state index contributed by atoms with van der Waals surface area (Å²) in [7, 11) is 0. The molecule has 1 heterocycles. The smallest absolute Gasteiger partial charge is 0.129 e. The summed E-state index contributed by atoms with van der Waals surface area (Å²) in [5, 5.41) is 0. The largest absolute Gasteiger partial charge is 0.380 e. The number of carbonyl (C=O) groups is 1. The van der Waals surface area contributed by atoms with E-state index in [1.54, 1.807) is 0 Å². The van der Waals surface area contributed by atoms with Gasteiger partial charge in [-0.1, -0.05) is 33.6 Å². The molecule has 0 aromatic heterocycles. The van der Waals surface area contributed by atoms with Crippen LogP contribution in [0.25, 0.3) is 0 Å². The van der Waals surface area contributed by atoms with E-state index in [4.69, 9.17) is 4.74 Å². The molecular formula is C14H27NO2. The topological polar surface area (TPSA) is 29.5 Å². The van der Waals surface area contributed by atoms with Crippen molar-refractivity contribution in [1.29, 1.82) is 0 Å². The molecule has 0 bridgehead atoms. The van der Waals surface area contributed by atoms with Crippen LogP contribution in [-0.4, -0.2) is 44.0 Å². The summed E-state index contributed by atoms with van der Waals surface area (Å²) in [5.41, 5.74) is -0.234. The lowest BCUT2D eigenvalue weighted by Crippen LogP contribution is -2.41. The van der Waals surface area contributed by atoms with Crippen molar-refractivity contribution in [2.24, 2.45) is 11.3 Å². The standard InChI is InChI=1S/C14H27NO2/c1-4-13(5-2)9-15(6-3)10-14(11-16)7-8-17-12-14/h11,13H,4-10,12H2,1-3H3. The van der Waals surface area contributed by atoms with E-state index in [9.17, 15) is 4.79 Å². The highest BCUT2D eigenvalue weighted by molar-refractivity contribution is 5.60. The predicted molar refractivity (Wildman–Crippen MR) is 70.1 cm³/mol. The lowest BCUT2D eigenvalue weighted by atomic mass is 9.88. The molecule has 1 rings (SSSR count). The van der Waals surface area contributed by atoms with Crippen LogP contribution in [0.2, 0.25) is 0 Å². The maximum atomic E-state index is 11.3. The molecule has 0 saturated carbocycles. The van der Waals surface area contributed by atoms with Gasteiger partial charge < -0.3 is 14.4 Å². The first-order valence-electron chi connectivity index (χ1n) is 6.96. The van der Waals surface area contributed by atoms with Crippen molar-refractivity contribution in [1.82, 2.24) is 4.90 Å². The van der Waals surface area contributed by atoms with Crippen LogP contribution in [0.5, 0.6) is 0 Å². The molecule has 1 atom stereocenters. The second kappa shape index (κ2) is 7.12. The number of rotatable bonds is 8. The van der Waals surface area contributed by atoms with Crippen molar-refractivity contribution < 1.29 is 9.53 Å². The molecule has 0 aliphatic carbocycles. The van der Waals surface area contributed by atoms with Crippen molar-refractivity contribution in [3.05, 3.63) is 0 Å². The molecule has 3 nitrogen and oxygen atoms in total. The van der Waals surface area contributed by atoms with Gasteiger partial charge in [0.2, 0.25) is 0 Å². The zero-order valence-electron chi connectivity index (χ0n) is 11.6. The quantitative estimate of drug-likeness (QED) is 0.611. The normalized spacial score (nSPS) is 24.8. The molecule has 0 spiro atoms. The summed E-state index contributed by atoms with van der Waals surface area (Å²) in [6, 6.07) is 0. The van der Waals surface area contributed by atoms with Gasteiger partial charge in [0.1, 0.15) is 6.29 Å². The zero-order chi connectivity index (χ0) is 12.7. The van der Waals surface area contributed by atoms with Crippen LogP contribution in [0.4, 0.5) is 0 Å². The van der Waals surface area contributed by atoms with Gasteiger partial charge >= 0.3 is 0 Å². The molecule has 0 N–H and O–H groups in total. The highest BCUT2D eigenvalue weighted by Crippen LogP contribution is 2.27. The average molecular weight is 241 g/mol. The molecule has 1 aliphatic heterocycles. The SMILES string of the molecule is CCC(CC)CN(CC)CC1(C=O)CCOC1. The number of carbonyl (C=O) groups excluding carboxylic acids is 1. The van der Waals surface area contributed by atoms with E-state index in [0.717, 1.165) is 44.9 Å². The number of ether oxygens (including phenoxy) is 1. The Hall–Kier alpha value is -0.410. The Bertz CT molecular complexity index is 220. The maximum absolute atomic E-state index is 11.3. The fourth-order valence-corrected chi connectivity index (χ4v) is 2.54. The van der Waals surface area contributed by atoms with Crippen molar-refractivity contribution in [2.45, 2.75) is 40.0 Å². The number of hydrogen-bond acceptors (Lipinski definition) is 3. The van der Waals surface area contributed by atoms with Crippen LogP contribution in [0.15, 0.2) is 0 Å². The molecular weight excluding hydrogens is 214 g/mol.